The number of carbonyl (C=O) groups excluding carboxylic acids is 1. The van der Waals surface area contributed by atoms with E-state index < -0.39 is 0 Å². The molecule has 1 aliphatic heterocycles. The van der Waals surface area contributed by atoms with Crippen LogP contribution < -0.4 is 0 Å². The molecule has 0 aromatic heterocycles. The molecule has 3 heteroatoms. The Hall–Kier alpha value is -1.35. The zero-order valence-corrected chi connectivity index (χ0v) is 12.9. The fourth-order valence-corrected chi connectivity index (χ4v) is 3.64. The van der Waals surface area contributed by atoms with E-state index in [1.165, 1.54) is 32.1 Å². The van der Waals surface area contributed by atoms with Gasteiger partial charge in [0.05, 0.1) is 5.56 Å². The average molecular weight is 288 g/mol. The maximum absolute atomic E-state index is 12.0. The van der Waals surface area contributed by atoms with Crippen molar-refractivity contribution in [3.05, 3.63) is 35.9 Å². The molecule has 1 saturated carbocycles. The minimum atomic E-state index is -0.320. The lowest BCUT2D eigenvalue weighted by atomic mass is 9.75. The van der Waals surface area contributed by atoms with Crippen LogP contribution in [0.15, 0.2) is 30.3 Å². The normalized spacial score (nSPS) is 32.7. The Morgan fingerprint density at radius 3 is 2.52 bits per heavy atom. The van der Waals surface area contributed by atoms with Crippen LogP contribution in [0.2, 0.25) is 0 Å². The highest BCUT2D eigenvalue weighted by atomic mass is 16.7. The third-order valence-corrected chi connectivity index (χ3v) is 5.32. The van der Waals surface area contributed by atoms with Crippen molar-refractivity contribution in [2.75, 3.05) is 6.61 Å². The molecule has 0 amide bonds. The molecule has 1 aliphatic carbocycles. The van der Waals surface area contributed by atoms with E-state index in [0.717, 1.165) is 0 Å². The molecule has 1 heterocycles. The minimum Gasteiger partial charge on any atom is -0.459 e. The van der Waals surface area contributed by atoms with E-state index in [9.17, 15) is 4.79 Å². The Kier molecular flexibility index (Phi) is 3.78. The van der Waals surface area contributed by atoms with Crippen molar-refractivity contribution in [1.82, 2.24) is 0 Å². The zero-order valence-electron chi connectivity index (χ0n) is 12.9. The molecule has 21 heavy (non-hydrogen) atoms. The fourth-order valence-electron chi connectivity index (χ4n) is 3.64. The van der Waals surface area contributed by atoms with Crippen molar-refractivity contribution in [2.24, 2.45) is 5.92 Å². The lowest BCUT2D eigenvalue weighted by molar-refractivity contribution is 0.0410. The Bertz CT molecular complexity index is 506. The summed E-state index contributed by atoms with van der Waals surface area (Å²) in [6.45, 7) is 4.59. The Labute approximate surface area is 126 Å². The van der Waals surface area contributed by atoms with Gasteiger partial charge < -0.3 is 9.47 Å². The van der Waals surface area contributed by atoms with E-state index in [-0.39, 0.29) is 17.2 Å². The van der Waals surface area contributed by atoms with E-state index in [4.69, 9.17) is 9.47 Å². The van der Waals surface area contributed by atoms with Gasteiger partial charge in [0.25, 0.3) is 0 Å². The second-order valence-corrected chi connectivity index (χ2v) is 6.72. The summed E-state index contributed by atoms with van der Waals surface area (Å²) < 4.78 is 11.5. The van der Waals surface area contributed by atoms with Gasteiger partial charge in [-0.2, -0.15) is 0 Å². The largest absolute Gasteiger partial charge is 0.459 e. The molecule has 0 spiro atoms. The van der Waals surface area contributed by atoms with Crippen LogP contribution in [0.3, 0.4) is 0 Å². The third-order valence-electron chi connectivity index (χ3n) is 5.32. The third kappa shape index (κ3) is 2.71. The van der Waals surface area contributed by atoms with Crippen LogP contribution >= 0.6 is 0 Å². The molecule has 3 rings (SSSR count). The van der Waals surface area contributed by atoms with Crippen LogP contribution in [0.4, 0.5) is 0 Å². The number of carbonyl (C=O) groups is 1. The number of ether oxygens (including phenoxy) is 2. The fraction of sp³-hybridized carbons (Fsp3) is 0.611. The van der Waals surface area contributed by atoms with Crippen LogP contribution in [0.1, 0.15) is 56.3 Å². The maximum Gasteiger partial charge on any atom is 0.338 e. The maximum atomic E-state index is 12.0. The molecule has 114 valence electrons. The van der Waals surface area contributed by atoms with Crippen LogP contribution in [0.5, 0.6) is 0 Å². The summed E-state index contributed by atoms with van der Waals surface area (Å²) >= 11 is 0. The zero-order chi connectivity index (χ0) is 14.9. The number of epoxide rings is 1. The predicted octanol–water partition coefficient (Wildman–Crippen LogP) is 3.97. The summed E-state index contributed by atoms with van der Waals surface area (Å²) in [6.07, 6.45) is 6.40. The number of benzene rings is 1. The summed E-state index contributed by atoms with van der Waals surface area (Å²) in [7, 11) is 0. The molecule has 1 aromatic carbocycles. The first-order valence-corrected chi connectivity index (χ1v) is 7.97. The van der Waals surface area contributed by atoms with Gasteiger partial charge in [0.1, 0.15) is 17.8 Å². The highest BCUT2D eigenvalue weighted by Gasteiger charge is 2.67. The lowest BCUT2D eigenvalue weighted by Crippen LogP contribution is -2.34. The molecule has 0 radical (unpaired) electrons. The first kappa shape index (κ1) is 14.6. The molecule has 3 nitrogen and oxygen atoms in total. The first-order valence-electron chi connectivity index (χ1n) is 7.97. The minimum absolute atomic E-state index is 0.121. The number of esters is 1. The van der Waals surface area contributed by atoms with Gasteiger partial charge >= 0.3 is 5.97 Å². The van der Waals surface area contributed by atoms with Gasteiger partial charge in [-0.3, -0.25) is 0 Å². The number of hydrogen-bond acceptors (Lipinski definition) is 3. The van der Waals surface area contributed by atoms with Crippen molar-refractivity contribution in [3.8, 4) is 0 Å². The topological polar surface area (TPSA) is 38.8 Å². The number of rotatable bonds is 4. The molecule has 1 aromatic rings. The van der Waals surface area contributed by atoms with Crippen LogP contribution in [0, 0.1) is 5.92 Å². The van der Waals surface area contributed by atoms with Crippen LogP contribution in [-0.2, 0) is 9.47 Å². The van der Waals surface area contributed by atoms with Crippen LogP contribution in [-0.4, -0.2) is 23.8 Å². The van der Waals surface area contributed by atoms with Gasteiger partial charge in [-0.1, -0.05) is 37.5 Å². The standard InChI is InChI=1S/C18H24O3/c1-17(13-20-16(19)14-9-5-3-6-10-14)18(2,21-17)15-11-7-4-8-12-15/h3,5-6,9-10,15H,4,7-8,11-13H2,1-2H3/t17-,18-/m0/s1. The number of hydrogen-bond donors (Lipinski definition) is 0. The van der Waals surface area contributed by atoms with Gasteiger partial charge in [0, 0.05) is 0 Å². The molecule has 0 bridgehead atoms. The Morgan fingerprint density at radius 1 is 1.19 bits per heavy atom. The summed E-state index contributed by atoms with van der Waals surface area (Å²) in [5.41, 5.74) is 0.158. The van der Waals surface area contributed by atoms with E-state index in [1.807, 2.05) is 18.2 Å². The average Bonchev–Trinajstić information content (AvgIpc) is 3.10. The van der Waals surface area contributed by atoms with Crippen molar-refractivity contribution in [2.45, 2.75) is 57.2 Å². The highest BCUT2D eigenvalue weighted by molar-refractivity contribution is 5.89. The van der Waals surface area contributed by atoms with E-state index in [1.54, 1.807) is 12.1 Å². The molecule has 2 atom stereocenters. The molecule has 1 saturated heterocycles. The summed E-state index contributed by atoms with van der Waals surface area (Å²) in [4.78, 5) is 12.0. The Balaban J connectivity index is 1.57. The van der Waals surface area contributed by atoms with Crippen molar-refractivity contribution in [1.29, 1.82) is 0 Å². The Morgan fingerprint density at radius 2 is 1.86 bits per heavy atom. The van der Waals surface area contributed by atoms with E-state index in [2.05, 4.69) is 13.8 Å². The molecule has 0 N–H and O–H groups in total. The van der Waals surface area contributed by atoms with Gasteiger partial charge in [-0.15, -0.1) is 0 Å². The van der Waals surface area contributed by atoms with Gasteiger partial charge in [0.2, 0.25) is 0 Å². The summed E-state index contributed by atoms with van der Waals surface area (Å²) in [5.74, 6) is 0.338. The monoisotopic (exact) mass is 288 g/mol. The predicted molar refractivity (Wildman–Crippen MR) is 81.2 cm³/mol. The van der Waals surface area contributed by atoms with Gasteiger partial charge in [0.15, 0.2) is 0 Å². The SMILES string of the molecule is C[C@@]1(C2CCCCC2)O[C@@]1(C)COC(=O)c1ccccc1. The van der Waals surface area contributed by atoms with Crippen molar-refractivity contribution < 1.29 is 14.3 Å². The molecule has 2 aliphatic rings. The molecule has 2 fully saturated rings. The first-order chi connectivity index (χ1) is 10.1. The lowest BCUT2D eigenvalue weighted by Gasteiger charge is -2.27. The second-order valence-electron chi connectivity index (χ2n) is 6.72. The second kappa shape index (κ2) is 5.45. The van der Waals surface area contributed by atoms with Gasteiger partial charge in [-0.05, 0) is 44.7 Å². The van der Waals surface area contributed by atoms with Gasteiger partial charge in [-0.25, -0.2) is 4.79 Å². The van der Waals surface area contributed by atoms with Crippen molar-refractivity contribution >= 4 is 5.97 Å². The van der Waals surface area contributed by atoms with E-state index >= 15 is 0 Å². The highest BCUT2D eigenvalue weighted by Crippen LogP contribution is 2.56. The smallest absolute Gasteiger partial charge is 0.338 e. The summed E-state index contributed by atoms with van der Waals surface area (Å²) in [6, 6.07) is 9.13. The molecular formula is C18H24O3. The summed E-state index contributed by atoms with van der Waals surface area (Å²) in [5, 5.41) is 0. The van der Waals surface area contributed by atoms with E-state index in [0.29, 0.717) is 18.1 Å². The quantitative estimate of drug-likeness (QED) is 0.621. The van der Waals surface area contributed by atoms with Crippen molar-refractivity contribution in [3.63, 3.8) is 0 Å². The molecular weight excluding hydrogens is 264 g/mol. The van der Waals surface area contributed by atoms with Crippen LogP contribution in [0.25, 0.3) is 0 Å². The molecule has 0 unspecified atom stereocenters.